The largest absolute Gasteiger partial charge is 0.323 e. The molecule has 0 aliphatic rings. The predicted octanol–water partition coefficient (Wildman–Crippen LogP) is 2.49. The highest BCUT2D eigenvalue weighted by atomic mass is 19.1. The number of aromatic nitrogens is 1. The van der Waals surface area contributed by atoms with Crippen molar-refractivity contribution in [3.05, 3.63) is 65.5 Å². The zero-order chi connectivity index (χ0) is 14.5. The Hall–Kier alpha value is -1.85. The number of rotatable bonds is 5. The van der Waals surface area contributed by atoms with E-state index in [4.69, 9.17) is 5.73 Å². The van der Waals surface area contributed by atoms with Crippen molar-refractivity contribution in [3.8, 4) is 0 Å². The molecule has 0 aliphatic carbocycles. The maximum Gasteiger partial charge on any atom is 0.128 e. The lowest BCUT2D eigenvalue weighted by atomic mass is 10.1. The molecule has 2 aromatic rings. The minimum Gasteiger partial charge on any atom is -0.323 e. The number of nitrogens with two attached hydrogens (primary N) is 1. The first-order valence-electron chi connectivity index (χ1n) is 6.34. The van der Waals surface area contributed by atoms with Crippen molar-refractivity contribution in [2.75, 3.05) is 13.6 Å². The average Bonchev–Trinajstić information content (AvgIpc) is 2.42. The van der Waals surface area contributed by atoms with Gasteiger partial charge < -0.3 is 10.6 Å². The number of benzene rings is 1. The quantitative estimate of drug-likeness (QED) is 0.913. The van der Waals surface area contributed by atoms with E-state index < -0.39 is 17.7 Å². The maximum absolute atomic E-state index is 13.6. The normalized spacial score (nSPS) is 12.7. The summed E-state index contributed by atoms with van der Waals surface area (Å²) in [6, 6.07) is 6.59. The van der Waals surface area contributed by atoms with Gasteiger partial charge in [-0.15, -0.1) is 0 Å². The summed E-state index contributed by atoms with van der Waals surface area (Å²) in [6.45, 7) is 1.11. The fourth-order valence-electron chi connectivity index (χ4n) is 2.10. The van der Waals surface area contributed by atoms with E-state index in [0.717, 1.165) is 23.8 Å². The Kier molecular flexibility index (Phi) is 4.76. The first kappa shape index (κ1) is 14.6. The lowest BCUT2D eigenvalue weighted by Gasteiger charge is -2.22. The molecule has 106 valence electrons. The van der Waals surface area contributed by atoms with Gasteiger partial charge in [-0.2, -0.15) is 0 Å². The number of pyridine rings is 1. The van der Waals surface area contributed by atoms with Crippen molar-refractivity contribution in [2.45, 2.75) is 12.6 Å². The summed E-state index contributed by atoms with van der Waals surface area (Å²) in [5.74, 6) is -0.954. The van der Waals surface area contributed by atoms with Crippen molar-refractivity contribution >= 4 is 0 Å². The Labute approximate surface area is 117 Å². The third-order valence-corrected chi connectivity index (χ3v) is 3.07. The van der Waals surface area contributed by atoms with E-state index in [-0.39, 0.29) is 5.56 Å². The summed E-state index contributed by atoms with van der Waals surface area (Å²) in [5.41, 5.74) is 7.25. The van der Waals surface area contributed by atoms with Gasteiger partial charge in [0.15, 0.2) is 0 Å². The third-order valence-electron chi connectivity index (χ3n) is 3.07. The van der Waals surface area contributed by atoms with E-state index >= 15 is 0 Å². The van der Waals surface area contributed by atoms with Gasteiger partial charge in [-0.05, 0) is 42.9 Å². The van der Waals surface area contributed by atoms with Gasteiger partial charge in [0.05, 0.1) is 0 Å². The van der Waals surface area contributed by atoms with Crippen LogP contribution in [0.15, 0.2) is 42.7 Å². The Morgan fingerprint density at radius 1 is 1.20 bits per heavy atom. The van der Waals surface area contributed by atoms with Crippen LogP contribution in [0.5, 0.6) is 0 Å². The molecule has 0 bridgehead atoms. The van der Waals surface area contributed by atoms with Gasteiger partial charge in [0.25, 0.3) is 0 Å². The van der Waals surface area contributed by atoms with E-state index in [0.29, 0.717) is 13.1 Å². The van der Waals surface area contributed by atoms with Crippen LogP contribution in [0.3, 0.4) is 0 Å². The van der Waals surface area contributed by atoms with Gasteiger partial charge in [0.1, 0.15) is 11.6 Å². The second kappa shape index (κ2) is 6.54. The summed E-state index contributed by atoms with van der Waals surface area (Å²) in [6.07, 6.45) is 3.44. The van der Waals surface area contributed by atoms with Crippen LogP contribution in [0.2, 0.25) is 0 Å². The monoisotopic (exact) mass is 277 g/mol. The molecule has 1 unspecified atom stereocenters. The van der Waals surface area contributed by atoms with Gasteiger partial charge in [0, 0.05) is 37.1 Å². The first-order valence-corrected chi connectivity index (χ1v) is 6.34. The van der Waals surface area contributed by atoms with Crippen molar-refractivity contribution < 1.29 is 8.78 Å². The molecule has 0 fully saturated rings. The van der Waals surface area contributed by atoms with Gasteiger partial charge in [-0.3, -0.25) is 4.98 Å². The number of hydrogen-bond donors (Lipinski definition) is 1. The Morgan fingerprint density at radius 2 is 1.90 bits per heavy atom. The Morgan fingerprint density at radius 3 is 2.60 bits per heavy atom. The molecule has 20 heavy (non-hydrogen) atoms. The zero-order valence-corrected chi connectivity index (χ0v) is 11.3. The highest BCUT2D eigenvalue weighted by Crippen LogP contribution is 2.17. The minimum absolute atomic E-state index is 0.201. The molecule has 2 N–H and O–H groups in total. The van der Waals surface area contributed by atoms with Gasteiger partial charge in [0.2, 0.25) is 0 Å². The molecule has 1 aromatic carbocycles. The number of nitrogens with zero attached hydrogens (tertiary/aromatic N) is 2. The SMILES string of the molecule is CN(Cc1ccncc1)CC(N)c1cc(F)ccc1F. The standard InChI is InChI=1S/C15H17F2N3/c1-20(9-11-4-6-19-7-5-11)10-15(18)13-8-12(16)2-3-14(13)17/h2-8,15H,9-10,18H2,1H3. The smallest absolute Gasteiger partial charge is 0.128 e. The fraction of sp³-hybridized carbons (Fsp3) is 0.267. The summed E-state index contributed by atoms with van der Waals surface area (Å²) in [7, 11) is 1.89. The molecular formula is C15H17F2N3. The fourth-order valence-corrected chi connectivity index (χ4v) is 2.10. The van der Waals surface area contributed by atoms with Crippen molar-refractivity contribution in [1.29, 1.82) is 0 Å². The van der Waals surface area contributed by atoms with Crippen LogP contribution in [0, 0.1) is 11.6 Å². The van der Waals surface area contributed by atoms with Crippen LogP contribution in [0.25, 0.3) is 0 Å². The number of likely N-dealkylation sites (N-methyl/N-ethyl adjacent to an activating group) is 1. The molecule has 0 saturated carbocycles. The highest BCUT2D eigenvalue weighted by Gasteiger charge is 2.14. The van der Waals surface area contributed by atoms with Crippen molar-refractivity contribution in [2.24, 2.45) is 5.73 Å². The van der Waals surface area contributed by atoms with E-state index in [1.807, 2.05) is 24.1 Å². The highest BCUT2D eigenvalue weighted by molar-refractivity contribution is 5.22. The molecule has 5 heteroatoms. The summed E-state index contributed by atoms with van der Waals surface area (Å²) < 4.78 is 26.8. The molecule has 3 nitrogen and oxygen atoms in total. The lowest BCUT2D eigenvalue weighted by molar-refractivity contribution is 0.302. The van der Waals surface area contributed by atoms with Crippen molar-refractivity contribution in [3.63, 3.8) is 0 Å². The van der Waals surface area contributed by atoms with E-state index in [1.165, 1.54) is 0 Å². The third kappa shape index (κ3) is 3.82. The molecule has 1 aromatic heterocycles. The minimum atomic E-state index is -0.572. The summed E-state index contributed by atoms with van der Waals surface area (Å²) in [5, 5.41) is 0. The van der Waals surface area contributed by atoms with Crippen LogP contribution in [0.4, 0.5) is 8.78 Å². The predicted molar refractivity (Wildman–Crippen MR) is 73.9 cm³/mol. The second-order valence-corrected chi connectivity index (χ2v) is 4.82. The van der Waals surface area contributed by atoms with Crippen LogP contribution in [-0.4, -0.2) is 23.5 Å². The molecule has 0 radical (unpaired) electrons. The lowest BCUT2D eigenvalue weighted by Crippen LogP contribution is -2.29. The summed E-state index contributed by atoms with van der Waals surface area (Å²) >= 11 is 0. The average molecular weight is 277 g/mol. The first-order chi connectivity index (χ1) is 9.56. The van der Waals surface area contributed by atoms with E-state index in [2.05, 4.69) is 4.98 Å². The molecule has 0 amide bonds. The second-order valence-electron chi connectivity index (χ2n) is 4.82. The molecule has 1 atom stereocenters. The molecule has 0 saturated heterocycles. The molecule has 1 heterocycles. The van der Waals surface area contributed by atoms with Gasteiger partial charge in [-0.1, -0.05) is 0 Å². The number of hydrogen-bond acceptors (Lipinski definition) is 3. The molecule has 0 aliphatic heterocycles. The molecule has 0 spiro atoms. The van der Waals surface area contributed by atoms with E-state index in [1.54, 1.807) is 12.4 Å². The topological polar surface area (TPSA) is 42.2 Å². The van der Waals surface area contributed by atoms with Crippen LogP contribution in [-0.2, 0) is 6.54 Å². The zero-order valence-electron chi connectivity index (χ0n) is 11.3. The van der Waals surface area contributed by atoms with E-state index in [9.17, 15) is 8.78 Å². The van der Waals surface area contributed by atoms with Gasteiger partial charge >= 0.3 is 0 Å². The maximum atomic E-state index is 13.6. The number of halogens is 2. The van der Waals surface area contributed by atoms with Crippen molar-refractivity contribution in [1.82, 2.24) is 9.88 Å². The Balaban J connectivity index is 2.00. The Bertz CT molecular complexity index is 560. The molecular weight excluding hydrogens is 260 g/mol. The van der Waals surface area contributed by atoms with Gasteiger partial charge in [-0.25, -0.2) is 8.78 Å². The summed E-state index contributed by atoms with van der Waals surface area (Å²) in [4.78, 5) is 5.91. The van der Waals surface area contributed by atoms with Crippen LogP contribution >= 0.6 is 0 Å². The molecule has 2 rings (SSSR count). The van der Waals surface area contributed by atoms with Crippen LogP contribution in [0.1, 0.15) is 17.2 Å². The van der Waals surface area contributed by atoms with Crippen LogP contribution < -0.4 is 5.73 Å².